The molecule has 3 amide bonds. The largest absolute Gasteiger partial charge is 0.465 e. The summed E-state index contributed by atoms with van der Waals surface area (Å²) >= 11 is 0. The lowest BCUT2D eigenvalue weighted by Crippen LogP contribution is -2.44. The number of nitrogens with one attached hydrogen (secondary N) is 1. The molecule has 196 valence electrons. The molecule has 0 spiro atoms. The van der Waals surface area contributed by atoms with Gasteiger partial charge in [-0.25, -0.2) is 9.59 Å². The van der Waals surface area contributed by atoms with Crippen molar-refractivity contribution in [2.45, 2.75) is 86.2 Å². The van der Waals surface area contributed by atoms with Gasteiger partial charge in [0.1, 0.15) is 0 Å². The number of carboxylic acid groups (broad SMARTS) is 1. The number of aryl methyl sites for hydroxylation is 2. The molecule has 0 unspecified atom stereocenters. The van der Waals surface area contributed by atoms with Gasteiger partial charge in [0.25, 0.3) is 0 Å². The van der Waals surface area contributed by atoms with Gasteiger partial charge in [-0.1, -0.05) is 43.7 Å². The van der Waals surface area contributed by atoms with E-state index in [-0.39, 0.29) is 12.6 Å². The molecular weight excluding hydrogens is 452 g/mol. The molecule has 1 saturated heterocycles. The number of urea groups is 1. The first kappa shape index (κ1) is 27.5. The maximum absolute atomic E-state index is 13.3. The van der Waals surface area contributed by atoms with Crippen LogP contribution in [0.15, 0.2) is 24.3 Å². The van der Waals surface area contributed by atoms with Crippen molar-refractivity contribution in [3.05, 3.63) is 46.8 Å². The molecule has 7 heteroatoms. The van der Waals surface area contributed by atoms with Gasteiger partial charge in [-0.3, -0.25) is 9.88 Å². The van der Waals surface area contributed by atoms with Crippen molar-refractivity contribution >= 4 is 17.8 Å². The molecule has 0 aliphatic carbocycles. The monoisotopic (exact) mass is 494 g/mol. The van der Waals surface area contributed by atoms with E-state index in [0.29, 0.717) is 18.0 Å². The average molecular weight is 495 g/mol. The van der Waals surface area contributed by atoms with E-state index in [1.807, 2.05) is 63.8 Å². The Morgan fingerprint density at radius 3 is 2.22 bits per heavy atom. The second-order valence-electron chi connectivity index (χ2n) is 11.4. The quantitative estimate of drug-likeness (QED) is 0.459. The van der Waals surface area contributed by atoms with Crippen LogP contribution in [0.4, 0.5) is 15.3 Å². The first-order valence-electron chi connectivity index (χ1n) is 13.0. The van der Waals surface area contributed by atoms with Crippen LogP contribution in [-0.4, -0.2) is 50.6 Å². The molecule has 2 aromatic rings. The Hall–Kier alpha value is -3.09. The van der Waals surface area contributed by atoms with Gasteiger partial charge in [0.2, 0.25) is 0 Å². The zero-order valence-corrected chi connectivity index (χ0v) is 22.9. The summed E-state index contributed by atoms with van der Waals surface area (Å²) < 4.78 is 0. The smallest absolute Gasteiger partial charge is 0.408 e. The lowest BCUT2D eigenvalue weighted by atomic mass is 9.91. The Morgan fingerprint density at radius 2 is 1.69 bits per heavy atom. The SMILES string of the molecule is Cc1ccc(-c2c(CN(C(=O)O)C(C)(C)C)c(CC(C)C)nc(C)c2NC(=O)N2CCCCC2)cc1. The second kappa shape index (κ2) is 11.3. The number of anilines is 1. The number of pyridine rings is 1. The maximum Gasteiger partial charge on any atom is 0.408 e. The zero-order valence-electron chi connectivity index (χ0n) is 22.9. The fourth-order valence-electron chi connectivity index (χ4n) is 4.75. The van der Waals surface area contributed by atoms with Gasteiger partial charge >= 0.3 is 12.1 Å². The maximum atomic E-state index is 13.3. The Balaban J connectivity index is 2.24. The number of benzene rings is 1. The van der Waals surface area contributed by atoms with Crippen molar-refractivity contribution in [3.63, 3.8) is 0 Å². The number of carbonyl (C=O) groups is 2. The minimum absolute atomic E-state index is 0.124. The fraction of sp³-hybridized carbons (Fsp3) is 0.552. The molecule has 1 fully saturated rings. The summed E-state index contributed by atoms with van der Waals surface area (Å²) in [7, 11) is 0. The van der Waals surface area contributed by atoms with Gasteiger partial charge < -0.3 is 15.3 Å². The van der Waals surface area contributed by atoms with Crippen molar-refractivity contribution in [2.24, 2.45) is 5.92 Å². The third-order valence-electron chi connectivity index (χ3n) is 6.74. The topological polar surface area (TPSA) is 85.8 Å². The third kappa shape index (κ3) is 6.56. The van der Waals surface area contributed by atoms with Crippen LogP contribution in [0.25, 0.3) is 11.1 Å². The van der Waals surface area contributed by atoms with Crippen molar-refractivity contribution < 1.29 is 14.7 Å². The Kier molecular flexibility index (Phi) is 8.64. The number of carbonyl (C=O) groups excluding carboxylic acids is 1. The number of piperidine rings is 1. The van der Waals surface area contributed by atoms with E-state index in [0.717, 1.165) is 66.0 Å². The van der Waals surface area contributed by atoms with E-state index < -0.39 is 11.6 Å². The molecule has 0 bridgehead atoms. The molecule has 0 atom stereocenters. The fourth-order valence-corrected chi connectivity index (χ4v) is 4.75. The van der Waals surface area contributed by atoms with Gasteiger partial charge in [-0.05, 0) is 71.8 Å². The number of amides is 3. The molecule has 1 aromatic heterocycles. The predicted octanol–water partition coefficient (Wildman–Crippen LogP) is 6.86. The van der Waals surface area contributed by atoms with Crippen LogP contribution in [0.1, 0.15) is 76.4 Å². The van der Waals surface area contributed by atoms with Crippen molar-refractivity contribution in [2.75, 3.05) is 18.4 Å². The van der Waals surface area contributed by atoms with Crippen molar-refractivity contribution in [3.8, 4) is 11.1 Å². The summed E-state index contributed by atoms with van der Waals surface area (Å²) in [6, 6.07) is 8.07. The van der Waals surface area contributed by atoms with Crippen LogP contribution in [0.5, 0.6) is 0 Å². The number of likely N-dealkylation sites (tertiary alicyclic amines) is 1. The Bertz CT molecular complexity index is 1080. The minimum atomic E-state index is -0.979. The van der Waals surface area contributed by atoms with Crippen LogP contribution in [0.2, 0.25) is 0 Å². The number of hydrogen-bond donors (Lipinski definition) is 2. The number of aromatic nitrogens is 1. The Labute approximate surface area is 215 Å². The average Bonchev–Trinajstić information content (AvgIpc) is 2.79. The molecule has 36 heavy (non-hydrogen) atoms. The molecule has 2 N–H and O–H groups in total. The summed E-state index contributed by atoms with van der Waals surface area (Å²) in [4.78, 5) is 33.9. The number of rotatable bonds is 6. The standard InChI is InChI=1S/C29H42N4O3/c1-19(2)17-24-23(18-33(28(35)36)29(5,6)7)25(22-13-11-20(3)12-14-22)26(21(4)30-24)31-27(34)32-15-9-8-10-16-32/h11-14,19H,8-10,15-18H2,1-7H3,(H,31,34)(H,35,36). The second-order valence-corrected chi connectivity index (χ2v) is 11.4. The normalized spacial score (nSPS) is 14.2. The van der Waals surface area contributed by atoms with E-state index in [1.54, 1.807) is 0 Å². The van der Waals surface area contributed by atoms with Gasteiger partial charge in [-0.2, -0.15) is 0 Å². The first-order valence-corrected chi connectivity index (χ1v) is 13.0. The molecule has 7 nitrogen and oxygen atoms in total. The molecule has 0 radical (unpaired) electrons. The van der Waals surface area contributed by atoms with Crippen molar-refractivity contribution in [1.29, 1.82) is 0 Å². The highest BCUT2D eigenvalue weighted by atomic mass is 16.4. The molecule has 2 heterocycles. The van der Waals surface area contributed by atoms with Gasteiger partial charge in [-0.15, -0.1) is 0 Å². The van der Waals surface area contributed by atoms with E-state index in [4.69, 9.17) is 4.98 Å². The van der Waals surface area contributed by atoms with Crippen molar-refractivity contribution in [1.82, 2.24) is 14.8 Å². The molecule has 1 aromatic carbocycles. The van der Waals surface area contributed by atoms with Crippen LogP contribution >= 0.6 is 0 Å². The molecule has 0 saturated carbocycles. The highest BCUT2D eigenvalue weighted by Crippen LogP contribution is 2.38. The molecular formula is C29H42N4O3. The molecule has 1 aliphatic rings. The summed E-state index contributed by atoms with van der Waals surface area (Å²) in [6.07, 6.45) is 2.89. The van der Waals surface area contributed by atoms with Crippen LogP contribution < -0.4 is 5.32 Å². The van der Waals surface area contributed by atoms with Gasteiger partial charge in [0, 0.05) is 35.4 Å². The van der Waals surface area contributed by atoms with Gasteiger partial charge in [0.15, 0.2) is 0 Å². The number of hydrogen-bond acceptors (Lipinski definition) is 3. The minimum Gasteiger partial charge on any atom is -0.465 e. The zero-order chi connectivity index (χ0) is 26.6. The molecule has 3 rings (SSSR count). The summed E-state index contributed by atoms with van der Waals surface area (Å²) in [5, 5.41) is 13.3. The van der Waals surface area contributed by atoms with E-state index in [2.05, 4.69) is 19.2 Å². The first-order chi connectivity index (χ1) is 16.9. The summed E-state index contributed by atoms with van der Waals surface area (Å²) in [6.45, 7) is 15.6. The van der Waals surface area contributed by atoms with E-state index in [1.165, 1.54) is 4.90 Å². The summed E-state index contributed by atoms with van der Waals surface area (Å²) in [5.41, 5.74) is 5.47. The Morgan fingerprint density at radius 1 is 1.08 bits per heavy atom. The van der Waals surface area contributed by atoms with Gasteiger partial charge in [0.05, 0.1) is 17.9 Å². The highest BCUT2D eigenvalue weighted by Gasteiger charge is 2.31. The summed E-state index contributed by atoms with van der Waals surface area (Å²) in [5.74, 6) is 0.336. The van der Waals surface area contributed by atoms with Crippen LogP contribution in [0, 0.1) is 19.8 Å². The highest BCUT2D eigenvalue weighted by molar-refractivity contribution is 5.96. The third-order valence-corrected chi connectivity index (χ3v) is 6.74. The lowest BCUT2D eigenvalue weighted by molar-refractivity contribution is 0.0954. The lowest BCUT2D eigenvalue weighted by Gasteiger charge is -2.35. The van der Waals surface area contributed by atoms with E-state index >= 15 is 0 Å². The predicted molar refractivity (Wildman–Crippen MR) is 145 cm³/mol. The number of nitrogens with zero attached hydrogens (tertiary/aromatic N) is 3. The molecule has 1 aliphatic heterocycles. The van der Waals surface area contributed by atoms with Crippen LogP contribution in [-0.2, 0) is 13.0 Å². The van der Waals surface area contributed by atoms with E-state index in [9.17, 15) is 14.7 Å². The van der Waals surface area contributed by atoms with Crippen LogP contribution in [0.3, 0.4) is 0 Å².